The molecule has 2 aliphatic rings. The van der Waals surface area contributed by atoms with Gasteiger partial charge in [-0.3, -0.25) is 0 Å². The molecule has 0 saturated heterocycles. The van der Waals surface area contributed by atoms with Crippen LogP contribution in [0.2, 0.25) is 0 Å². The number of hydrogen-bond donors (Lipinski definition) is 0. The number of thiophene rings is 1. The molecule has 0 unspecified atom stereocenters. The molecular formula is C26H31FO2S. The predicted molar refractivity (Wildman–Crippen MR) is 123 cm³/mol. The monoisotopic (exact) mass is 426 g/mol. The molecule has 5 rings (SSSR count). The molecule has 4 heteroatoms. The van der Waals surface area contributed by atoms with E-state index in [2.05, 4.69) is 19.1 Å². The van der Waals surface area contributed by atoms with E-state index in [-0.39, 0.29) is 5.82 Å². The second-order valence-electron chi connectivity index (χ2n) is 9.26. The van der Waals surface area contributed by atoms with Crippen molar-refractivity contribution in [3.63, 3.8) is 0 Å². The smallest absolute Gasteiger partial charge is 0.182 e. The molecule has 2 aliphatic carbocycles. The SMILES string of the molecule is CCCC1CCC(COc2ccc3c(sc4cc(OCC5CC5)ccc43)c2F)CC1. The molecule has 2 fully saturated rings. The van der Waals surface area contributed by atoms with Gasteiger partial charge in [-0.05, 0) is 73.8 Å². The van der Waals surface area contributed by atoms with Gasteiger partial charge in [-0.2, -0.15) is 0 Å². The lowest BCUT2D eigenvalue weighted by molar-refractivity contribution is 0.175. The minimum absolute atomic E-state index is 0.214. The highest BCUT2D eigenvalue weighted by atomic mass is 32.1. The summed E-state index contributed by atoms with van der Waals surface area (Å²) >= 11 is 1.50. The van der Waals surface area contributed by atoms with E-state index in [4.69, 9.17) is 9.47 Å². The Labute approximate surface area is 182 Å². The third-order valence-electron chi connectivity index (χ3n) is 6.84. The topological polar surface area (TPSA) is 18.5 Å². The zero-order valence-corrected chi connectivity index (χ0v) is 18.6. The van der Waals surface area contributed by atoms with Gasteiger partial charge in [0.1, 0.15) is 5.75 Å². The Morgan fingerprint density at radius 2 is 1.53 bits per heavy atom. The van der Waals surface area contributed by atoms with E-state index in [0.717, 1.165) is 39.7 Å². The average Bonchev–Trinajstić information content (AvgIpc) is 3.52. The van der Waals surface area contributed by atoms with Crippen LogP contribution in [0, 0.1) is 23.6 Å². The molecule has 1 aromatic heterocycles. The molecule has 0 N–H and O–H groups in total. The van der Waals surface area contributed by atoms with Crippen LogP contribution in [0.5, 0.6) is 11.5 Å². The van der Waals surface area contributed by atoms with E-state index >= 15 is 4.39 Å². The number of rotatable bonds is 8. The highest BCUT2D eigenvalue weighted by Gasteiger charge is 2.23. The first-order chi connectivity index (χ1) is 14.7. The van der Waals surface area contributed by atoms with Gasteiger partial charge < -0.3 is 9.47 Å². The number of hydrogen-bond acceptors (Lipinski definition) is 3. The lowest BCUT2D eigenvalue weighted by Gasteiger charge is -2.28. The molecule has 3 aromatic rings. The zero-order chi connectivity index (χ0) is 20.5. The first-order valence-corrected chi connectivity index (χ1v) is 12.4. The summed E-state index contributed by atoms with van der Waals surface area (Å²) in [6.45, 7) is 3.69. The van der Waals surface area contributed by atoms with E-state index in [9.17, 15) is 0 Å². The van der Waals surface area contributed by atoms with Gasteiger partial charge in [0, 0.05) is 15.5 Å². The van der Waals surface area contributed by atoms with Gasteiger partial charge in [-0.1, -0.05) is 32.6 Å². The number of ether oxygens (including phenoxy) is 2. The van der Waals surface area contributed by atoms with E-state index in [1.807, 2.05) is 18.2 Å². The van der Waals surface area contributed by atoms with Crippen molar-refractivity contribution >= 4 is 31.5 Å². The molecule has 0 radical (unpaired) electrons. The first kappa shape index (κ1) is 20.1. The summed E-state index contributed by atoms with van der Waals surface area (Å²) in [7, 11) is 0. The maximum Gasteiger partial charge on any atom is 0.182 e. The van der Waals surface area contributed by atoms with Crippen LogP contribution in [-0.4, -0.2) is 13.2 Å². The van der Waals surface area contributed by atoms with Gasteiger partial charge in [0.05, 0.1) is 17.9 Å². The van der Waals surface area contributed by atoms with Gasteiger partial charge in [-0.25, -0.2) is 4.39 Å². The standard InChI is InChI=1S/C26H31FO2S/c1-2-3-17-4-6-19(7-5-17)16-29-23-13-12-22-21-11-10-20(28-15-18-8-9-18)14-24(21)30-26(22)25(23)27/h10-14,17-19H,2-9,15-16H2,1H3. The molecule has 2 aromatic carbocycles. The highest BCUT2D eigenvalue weighted by Crippen LogP contribution is 2.40. The maximum atomic E-state index is 15.2. The van der Waals surface area contributed by atoms with Crippen molar-refractivity contribution in [1.82, 2.24) is 0 Å². The Hall–Kier alpha value is -1.81. The normalized spacial score (nSPS) is 21.9. The predicted octanol–water partition coefficient (Wildman–Crippen LogP) is 7.97. The molecule has 0 amide bonds. The molecule has 2 nitrogen and oxygen atoms in total. The molecule has 0 spiro atoms. The molecule has 0 atom stereocenters. The van der Waals surface area contributed by atoms with E-state index < -0.39 is 0 Å². The summed E-state index contributed by atoms with van der Waals surface area (Å²) in [5.74, 6) is 3.24. The van der Waals surface area contributed by atoms with Crippen LogP contribution in [0.1, 0.15) is 58.3 Å². The largest absolute Gasteiger partial charge is 0.493 e. The fraction of sp³-hybridized carbons (Fsp3) is 0.538. The summed E-state index contributed by atoms with van der Waals surface area (Å²) in [4.78, 5) is 0. The van der Waals surface area contributed by atoms with Crippen molar-refractivity contribution in [2.45, 2.75) is 58.3 Å². The van der Waals surface area contributed by atoms with Gasteiger partial charge in [-0.15, -0.1) is 11.3 Å². The summed E-state index contributed by atoms with van der Waals surface area (Å²) in [5, 5.41) is 2.06. The lowest BCUT2D eigenvalue weighted by atomic mass is 9.80. The number of fused-ring (bicyclic) bond motifs is 3. The zero-order valence-electron chi connectivity index (χ0n) is 17.8. The van der Waals surface area contributed by atoms with Gasteiger partial charge in [0.25, 0.3) is 0 Å². The molecule has 160 valence electrons. The van der Waals surface area contributed by atoms with Crippen molar-refractivity contribution < 1.29 is 13.9 Å². The maximum absolute atomic E-state index is 15.2. The van der Waals surface area contributed by atoms with Crippen LogP contribution in [0.25, 0.3) is 20.2 Å². The minimum Gasteiger partial charge on any atom is -0.493 e. The minimum atomic E-state index is -0.214. The second-order valence-corrected chi connectivity index (χ2v) is 10.3. The summed E-state index contributed by atoms with van der Waals surface area (Å²) in [6.07, 6.45) is 10.2. The Morgan fingerprint density at radius 3 is 2.27 bits per heavy atom. The molecule has 0 bridgehead atoms. The van der Waals surface area contributed by atoms with Crippen molar-refractivity contribution in [3.8, 4) is 11.5 Å². The van der Waals surface area contributed by atoms with Crippen LogP contribution in [0.15, 0.2) is 30.3 Å². The Bertz CT molecular complexity index is 1010. The third kappa shape index (κ3) is 4.30. The Balaban J connectivity index is 1.29. The molecule has 30 heavy (non-hydrogen) atoms. The Morgan fingerprint density at radius 1 is 0.867 bits per heavy atom. The van der Waals surface area contributed by atoms with Crippen LogP contribution in [0.4, 0.5) is 4.39 Å². The summed E-state index contributed by atoms with van der Waals surface area (Å²) in [6, 6.07) is 9.94. The number of halogens is 1. The van der Waals surface area contributed by atoms with Gasteiger partial charge in [0.2, 0.25) is 0 Å². The van der Waals surface area contributed by atoms with Crippen LogP contribution in [0.3, 0.4) is 0 Å². The van der Waals surface area contributed by atoms with Crippen LogP contribution >= 0.6 is 11.3 Å². The average molecular weight is 427 g/mol. The molecule has 0 aliphatic heterocycles. The van der Waals surface area contributed by atoms with E-state index in [1.165, 1.54) is 62.7 Å². The highest BCUT2D eigenvalue weighted by molar-refractivity contribution is 7.25. The summed E-state index contributed by atoms with van der Waals surface area (Å²) in [5.41, 5.74) is 0. The molecule has 2 saturated carbocycles. The quantitative estimate of drug-likeness (QED) is 0.364. The third-order valence-corrected chi connectivity index (χ3v) is 8.00. The molecule has 1 heterocycles. The molecular weight excluding hydrogens is 395 g/mol. The van der Waals surface area contributed by atoms with E-state index in [1.54, 1.807) is 0 Å². The van der Waals surface area contributed by atoms with E-state index in [0.29, 0.717) is 23.0 Å². The fourth-order valence-corrected chi connectivity index (χ4v) is 5.93. The van der Waals surface area contributed by atoms with Crippen molar-refractivity contribution in [2.24, 2.45) is 17.8 Å². The lowest BCUT2D eigenvalue weighted by Crippen LogP contribution is -2.20. The van der Waals surface area contributed by atoms with Crippen LogP contribution < -0.4 is 9.47 Å². The first-order valence-electron chi connectivity index (χ1n) is 11.6. The van der Waals surface area contributed by atoms with Crippen molar-refractivity contribution in [2.75, 3.05) is 13.2 Å². The second kappa shape index (κ2) is 8.74. The van der Waals surface area contributed by atoms with Gasteiger partial charge >= 0.3 is 0 Å². The number of benzene rings is 2. The van der Waals surface area contributed by atoms with Crippen molar-refractivity contribution in [3.05, 3.63) is 36.1 Å². The van der Waals surface area contributed by atoms with Gasteiger partial charge in [0.15, 0.2) is 11.6 Å². The fourth-order valence-electron chi connectivity index (χ4n) is 4.77. The summed E-state index contributed by atoms with van der Waals surface area (Å²) < 4.78 is 28.9. The van der Waals surface area contributed by atoms with Crippen LogP contribution in [-0.2, 0) is 0 Å². The Kier molecular flexibility index (Phi) is 5.86. The van der Waals surface area contributed by atoms with Crippen molar-refractivity contribution in [1.29, 1.82) is 0 Å².